The van der Waals surface area contributed by atoms with Gasteiger partial charge in [0.15, 0.2) is 0 Å². The van der Waals surface area contributed by atoms with E-state index in [1.165, 1.54) is 7.11 Å². The molecule has 0 spiro atoms. The molecule has 0 saturated carbocycles. The van der Waals surface area contributed by atoms with Gasteiger partial charge in [0, 0.05) is 11.6 Å². The van der Waals surface area contributed by atoms with E-state index in [-0.39, 0.29) is 4.90 Å². The van der Waals surface area contributed by atoms with Crippen molar-refractivity contribution >= 4 is 26.6 Å². The van der Waals surface area contributed by atoms with Crippen LogP contribution in [0, 0.1) is 13.8 Å². The molecule has 0 amide bonds. The second-order valence-corrected chi connectivity index (χ2v) is 7.25. The first kappa shape index (κ1) is 16.3. The molecule has 1 aromatic heterocycles. The Balaban J connectivity index is 2.12. The molecule has 0 aliphatic heterocycles. The molecule has 6 heteroatoms. The number of aryl methyl sites for hydroxylation is 2. The number of benzene rings is 2. The average molecular weight is 342 g/mol. The van der Waals surface area contributed by atoms with Crippen molar-refractivity contribution in [2.24, 2.45) is 0 Å². The Kier molecular flexibility index (Phi) is 4.15. The van der Waals surface area contributed by atoms with Crippen LogP contribution in [-0.2, 0) is 10.0 Å². The summed E-state index contributed by atoms with van der Waals surface area (Å²) in [6, 6.07) is 12.6. The lowest BCUT2D eigenvalue weighted by Crippen LogP contribution is -2.15. The predicted molar refractivity (Wildman–Crippen MR) is 95.0 cm³/mol. The van der Waals surface area contributed by atoms with Gasteiger partial charge >= 0.3 is 0 Å². The molecule has 0 bridgehead atoms. The van der Waals surface area contributed by atoms with Crippen molar-refractivity contribution in [2.45, 2.75) is 18.7 Å². The Bertz CT molecular complexity index is 1010. The molecule has 5 nitrogen and oxygen atoms in total. The van der Waals surface area contributed by atoms with Crippen LogP contribution >= 0.6 is 0 Å². The maximum Gasteiger partial charge on any atom is 0.265 e. The standard InChI is InChI=1S/C18H18N2O3S/c1-12-10-13(2)18(23-3)16(11-12)24(21,22)20-15-8-4-6-14-7-5-9-19-17(14)15/h4-11,20H,1-3H3. The van der Waals surface area contributed by atoms with Gasteiger partial charge < -0.3 is 4.74 Å². The van der Waals surface area contributed by atoms with Crippen LogP contribution in [0.25, 0.3) is 10.9 Å². The lowest BCUT2D eigenvalue weighted by molar-refractivity contribution is 0.399. The number of hydrogen-bond donors (Lipinski definition) is 1. The highest BCUT2D eigenvalue weighted by Gasteiger charge is 2.22. The van der Waals surface area contributed by atoms with Gasteiger partial charge in [-0.2, -0.15) is 0 Å². The van der Waals surface area contributed by atoms with Crippen molar-refractivity contribution in [1.82, 2.24) is 4.98 Å². The van der Waals surface area contributed by atoms with Crippen molar-refractivity contribution in [3.05, 3.63) is 59.8 Å². The second-order valence-electron chi connectivity index (χ2n) is 5.60. The summed E-state index contributed by atoms with van der Waals surface area (Å²) < 4.78 is 33.8. The van der Waals surface area contributed by atoms with E-state index < -0.39 is 10.0 Å². The van der Waals surface area contributed by atoms with Crippen LogP contribution < -0.4 is 9.46 Å². The van der Waals surface area contributed by atoms with Gasteiger partial charge in [-0.25, -0.2) is 8.42 Å². The van der Waals surface area contributed by atoms with Crippen LogP contribution in [-0.4, -0.2) is 20.5 Å². The summed E-state index contributed by atoms with van der Waals surface area (Å²) in [6.45, 7) is 3.68. The number of nitrogens with one attached hydrogen (secondary N) is 1. The molecule has 124 valence electrons. The highest BCUT2D eigenvalue weighted by molar-refractivity contribution is 7.92. The molecule has 24 heavy (non-hydrogen) atoms. The Morgan fingerprint density at radius 1 is 1.08 bits per heavy atom. The third kappa shape index (κ3) is 2.92. The van der Waals surface area contributed by atoms with E-state index in [4.69, 9.17) is 4.74 Å². The number of sulfonamides is 1. The SMILES string of the molecule is COc1c(C)cc(C)cc1S(=O)(=O)Nc1cccc2cccnc12. The Morgan fingerprint density at radius 2 is 1.83 bits per heavy atom. The minimum absolute atomic E-state index is 0.121. The first-order chi connectivity index (χ1) is 11.4. The summed E-state index contributed by atoms with van der Waals surface area (Å²) in [5, 5.41) is 0.866. The molecule has 0 fully saturated rings. The number of rotatable bonds is 4. The fourth-order valence-corrected chi connectivity index (χ4v) is 4.16. The summed E-state index contributed by atoms with van der Waals surface area (Å²) in [7, 11) is -2.34. The Labute approximate surface area is 141 Å². The van der Waals surface area contributed by atoms with Gasteiger partial charge in [0.2, 0.25) is 0 Å². The van der Waals surface area contributed by atoms with E-state index in [1.807, 2.05) is 38.1 Å². The monoisotopic (exact) mass is 342 g/mol. The zero-order chi connectivity index (χ0) is 17.3. The Morgan fingerprint density at radius 3 is 2.58 bits per heavy atom. The smallest absolute Gasteiger partial charge is 0.265 e. The minimum Gasteiger partial charge on any atom is -0.495 e. The summed E-state index contributed by atoms with van der Waals surface area (Å²) >= 11 is 0. The lowest BCUT2D eigenvalue weighted by Gasteiger charge is -2.15. The number of hydrogen-bond acceptors (Lipinski definition) is 4. The molecular weight excluding hydrogens is 324 g/mol. The molecule has 3 aromatic rings. The van der Waals surface area contributed by atoms with Crippen LogP contribution in [0.15, 0.2) is 53.6 Å². The fraction of sp³-hybridized carbons (Fsp3) is 0.167. The Hall–Kier alpha value is -2.60. The quantitative estimate of drug-likeness (QED) is 0.785. The van der Waals surface area contributed by atoms with Gasteiger partial charge in [-0.15, -0.1) is 0 Å². The van der Waals surface area contributed by atoms with Gasteiger partial charge in [-0.05, 0) is 43.2 Å². The second kappa shape index (κ2) is 6.13. The van der Waals surface area contributed by atoms with E-state index >= 15 is 0 Å². The molecule has 0 saturated heterocycles. The maximum atomic E-state index is 12.9. The lowest BCUT2D eigenvalue weighted by atomic mass is 10.1. The van der Waals surface area contributed by atoms with Gasteiger partial charge in [-0.1, -0.05) is 24.3 Å². The van der Waals surface area contributed by atoms with E-state index in [0.717, 1.165) is 16.5 Å². The molecule has 1 N–H and O–H groups in total. The molecule has 2 aromatic carbocycles. The maximum absolute atomic E-state index is 12.9. The zero-order valence-electron chi connectivity index (χ0n) is 13.7. The van der Waals surface area contributed by atoms with E-state index in [2.05, 4.69) is 9.71 Å². The van der Waals surface area contributed by atoms with Crippen LogP contribution in [0.5, 0.6) is 5.75 Å². The van der Waals surface area contributed by atoms with Crippen molar-refractivity contribution < 1.29 is 13.2 Å². The van der Waals surface area contributed by atoms with Crippen molar-refractivity contribution in [3.8, 4) is 5.75 Å². The van der Waals surface area contributed by atoms with Gasteiger partial charge in [-0.3, -0.25) is 9.71 Å². The fourth-order valence-electron chi connectivity index (χ4n) is 2.76. The third-order valence-electron chi connectivity index (χ3n) is 3.76. The van der Waals surface area contributed by atoms with Crippen molar-refractivity contribution in [1.29, 1.82) is 0 Å². The third-order valence-corrected chi connectivity index (χ3v) is 5.13. The summed E-state index contributed by atoms with van der Waals surface area (Å²) in [5.74, 6) is 0.348. The number of methoxy groups -OCH3 is 1. The van der Waals surface area contributed by atoms with Crippen LogP contribution in [0.1, 0.15) is 11.1 Å². The normalized spacial score (nSPS) is 11.5. The number of ether oxygens (including phenoxy) is 1. The molecule has 0 aliphatic rings. The highest BCUT2D eigenvalue weighted by Crippen LogP contribution is 2.31. The first-order valence-corrected chi connectivity index (χ1v) is 8.92. The molecule has 0 atom stereocenters. The summed E-state index contributed by atoms with van der Waals surface area (Å²) in [4.78, 5) is 4.40. The zero-order valence-corrected chi connectivity index (χ0v) is 14.5. The topological polar surface area (TPSA) is 68.3 Å². The molecular formula is C18H18N2O3S. The number of anilines is 1. The van der Waals surface area contributed by atoms with Gasteiger partial charge in [0.25, 0.3) is 10.0 Å². The van der Waals surface area contributed by atoms with Crippen LogP contribution in [0.2, 0.25) is 0 Å². The molecule has 0 unspecified atom stereocenters. The predicted octanol–water partition coefficient (Wildman–Crippen LogP) is 3.66. The van der Waals surface area contributed by atoms with Gasteiger partial charge in [0.1, 0.15) is 10.6 Å². The van der Waals surface area contributed by atoms with Crippen molar-refractivity contribution in [2.75, 3.05) is 11.8 Å². The van der Waals surface area contributed by atoms with E-state index in [1.54, 1.807) is 24.4 Å². The van der Waals surface area contributed by atoms with E-state index in [9.17, 15) is 8.42 Å². The number of para-hydroxylation sites is 1. The molecule has 3 rings (SSSR count). The number of nitrogens with zero attached hydrogens (tertiary/aromatic N) is 1. The largest absolute Gasteiger partial charge is 0.495 e. The summed E-state index contributed by atoms with van der Waals surface area (Å²) in [5.41, 5.74) is 2.67. The van der Waals surface area contributed by atoms with Crippen molar-refractivity contribution in [3.63, 3.8) is 0 Å². The summed E-state index contributed by atoms with van der Waals surface area (Å²) in [6.07, 6.45) is 1.64. The minimum atomic E-state index is -3.81. The number of aromatic nitrogens is 1. The highest BCUT2D eigenvalue weighted by atomic mass is 32.2. The first-order valence-electron chi connectivity index (χ1n) is 7.44. The molecule has 0 radical (unpaired) electrons. The van der Waals surface area contributed by atoms with Crippen LogP contribution in [0.4, 0.5) is 5.69 Å². The number of fused-ring (bicyclic) bond motifs is 1. The van der Waals surface area contributed by atoms with Gasteiger partial charge in [0.05, 0.1) is 18.3 Å². The van der Waals surface area contributed by atoms with E-state index in [0.29, 0.717) is 17.0 Å². The number of pyridine rings is 1. The molecule has 1 heterocycles. The van der Waals surface area contributed by atoms with Crippen LogP contribution in [0.3, 0.4) is 0 Å². The molecule has 0 aliphatic carbocycles. The average Bonchev–Trinajstić information content (AvgIpc) is 2.54.